The first kappa shape index (κ1) is 26.0. The van der Waals surface area contributed by atoms with E-state index in [0.717, 1.165) is 17.7 Å². The summed E-state index contributed by atoms with van der Waals surface area (Å²) < 4.78 is 39.0. The van der Waals surface area contributed by atoms with E-state index in [2.05, 4.69) is 5.32 Å². The lowest BCUT2D eigenvalue weighted by atomic mass is 10.1. The minimum absolute atomic E-state index is 0.0192. The molecule has 0 bridgehead atoms. The number of nitrogens with zero attached hydrogens (tertiary/aromatic N) is 3. The number of carbonyl (C=O) groups is 2. The first-order valence-electron chi connectivity index (χ1n) is 11.0. The summed E-state index contributed by atoms with van der Waals surface area (Å²) in [5.41, 5.74) is 0.121. The molecular formula is C24H28ClF3N4O2. The van der Waals surface area contributed by atoms with E-state index in [1.807, 2.05) is 47.1 Å². The molecule has 2 amide bonds. The van der Waals surface area contributed by atoms with Gasteiger partial charge in [-0.3, -0.25) is 19.4 Å². The fourth-order valence-electron chi connectivity index (χ4n) is 3.80. The number of piperazine rings is 1. The zero-order chi connectivity index (χ0) is 24.9. The van der Waals surface area contributed by atoms with Gasteiger partial charge in [0.1, 0.15) is 0 Å². The van der Waals surface area contributed by atoms with Crippen molar-refractivity contribution < 1.29 is 22.8 Å². The van der Waals surface area contributed by atoms with Gasteiger partial charge in [0.15, 0.2) is 0 Å². The summed E-state index contributed by atoms with van der Waals surface area (Å²) >= 11 is 5.62. The van der Waals surface area contributed by atoms with Crippen LogP contribution < -0.4 is 5.32 Å². The van der Waals surface area contributed by atoms with Gasteiger partial charge in [-0.2, -0.15) is 13.2 Å². The van der Waals surface area contributed by atoms with Crippen molar-refractivity contribution in [3.63, 3.8) is 0 Å². The molecule has 1 aliphatic heterocycles. The van der Waals surface area contributed by atoms with Gasteiger partial charge < -0.3 is 10.2 Å². The van der Waals surface area contributed by atoms with Crippen molar-refractivity contribution in [2.24, 2.45) is 0 Å². The molecular weight excluding hydrogens is 469 g/mol. The highest BCUT2D eigenvalue weighted by atomic mass is 35.5. The molecule has 1 fully saturated rings. The van der Waals surface area contributed by atoms with Crippen LogP contribution in [-0.2, 0) is 15.8 Å². The van der Waals surface area contributed by atoms with Crippen molar-refractivity contribution in [3.8, 4) is 0 Å². The molecule has 2 aromatic rings. The summed E-state index contributed by atoms with van der Waals surface area (Å²) in [6, 6.07) is 13.1. The SMILES string of the molecule is CC(c1ccccc1)N(C)C(=O)CN1CCN(CC(=O)Nc2ccc(Cl)c(C(F)(F)F)c2)CC1. The van der Waals surface area contributed by atoms with Crippen LogP contribution in [0, 0.1) is 0 Å². The molecule has 1 heterocycles. The maximum Gasteiger partial charge on any atom is 0.417 e. The highest BCUT2D eigenvalue weighted by Gasteiger charge is 2.33. The third-order valence-electron chi connectivity index (χ3n) is 6.00. The molecule has 0 radical (unpaired) electrons. The average Bonchev–Trinajstić information content (AvgIpc) is 2.80. The standard InChI is InChI=1S/C24H28ClF3N4O2/c1-17(18-6-4-3-5-7-18)30(2)23(34)16-32-12-10-31(11-13-32)15-22(33)29-19-8-9-21(25)20(14-19)24(26,27)28/h3-9,14,17H,10-13,15-16H2,1-2H3,(H,29,33). The summed E-state index contributed by atoms with van der Waals surface area (Å²) in [7, 11) is 1.79. The van der Waals surface area contributed by atoms with Crippen molar-refractivity contribution in [2.45, 2.75) is 19.1 Å². The van der Waals surface area contributed by atoms with Gasteiger partial charge in [0.25, 0.3) is 0 Å². The summed E-state index contributed by atoms with van der Waals surface area (Å²) in [4.78, 5) is 30.8. The van der Waals surface area contributed by atoms with Crippen LogP contribution in [0.1, 0.15) is 24.1 Å². The molecule has 0 aromatic heterocycles. The highest BCUT2D eigenvalue weighted by Crippen LogP contribution is 2.36. The second-order valence-electron chi connectivity index (χ2n) is 8.38. The van der Waals surface area contributed by atoms with Crippen molar-refractivity contribution in [1.29, 1.82) is 0 Å². The summed E-state index contributed by atoms with van der Waals surface area (Å²) in [6.07, 6.45) is -4.60. The van der Waals surface area contributed by atoms with E-state index in [1.165, 1.54) is 6.07 Å². The van der Waals surface area contributed by atoms with E-state index in [-0.39, 0.29) is 24.2 Å². The minimum Gasteiger partial charge on any atom is -0.338 e. The van der Waals surface area contributed by atoms with Crippen LogP contribution in [0.2, 0.25) is 5.02 Å². The van der Waals surface area contributed by atoms with Gasteiger partial charge in [-0.25, -0.2) is 0 Å². The molecule has 0 aliphatic carbocycles. The first-order valence-corrected chi connectivity index (χ1v) is 11.3. The van der Waals surface area contributed by atoms with Crippen LogP contribution in [-0.4, -0.2) is 72.8 Å². The van der Waals surface area contributed by atoms with Gasteiger partial charge in [0.2, 0.25) is 11.8 Å². The van der Waals surface area contributed by atoms with Gasteiger partial charge in [0, 0.05) is 38.9 Å². The van der Waals surface area contributed by atoms with Gasteiger partial charge in [0.05, 0.1) is 29.7 Å². The van der Waals surface area contributed by atoms with Crippen molar-refractivity contribution in [3.05, 3.63) is 64.7 Å². The van der Waals surface area contributed by atoms with Gasteiger partial charge in [-0.1, -0.05) is 41.9 Å². The number of rotatable bonds is 7. The zero-order valence-electron chi connectivity index (χ0n) is 19.1. The molecule has 10 heteroatoms. The maximum atomic E-state index is 13.0. The average molecular weight is 497 g/mol. The van der Waals surface area contributed by atoms with Crippen LogP contribution in [0.15, 0.2) is 48.5 Å². The molecule has 1 unspecified atom stereocenters. The molecule has 6 nitrogen and oxygen atoms in total. The Balaban J connectivity index is 1.45. The lowest BCUT2D eigenvalue weighted by molar-refractivity contribution is -0.137. The highest BCUT2D eigenvalue weighted by molar-refractivity contribution is 6.31. The predicted molar refractivity (Wildman–Crippen MR) is 126 cm³/mol. The van der Waals surface area contributed by atoms with Crippen molar-refractivity contribution in [1.82, 2.24) is 14.7 Å². The topological polar surface area (TPSA) is 55.9 Å². The number of benzene rings is 2. The number of amides is 2. The molecule has 184 valence electrons. The molecule has 2 aromatic carbocycles. The fourth-order valence-corrected chi connectivity index (χ4v) is 4.03. The predicted octanol–water partition coefficient (Wildman–Crippen LogP) is 4.13. The van der Waals surface area contributed by atoms with Gasteiger partial charge >= 0.3 is 6.18 Å². The number of nitrogens with one attached hydrogen (secondary N) is 1. The Hall–Kier alpha value is -2.62. The van der Waals surface area contributed by atoms with E-state index >= 15 is 0 Å². The van der Waals surface area contributed by atoms with Crippen LogP contribution in [0.3, 0.4) is 0 Å². The van der Waals surface area contributed by atoms with Gasteiger partial charge in [-0.15, -0.1) is 0 Å². The molecule has 0 saturated carbocycles. The molecule has 3 rings (SSSR count). The number of halogens is 4. The summed E-state index contributed by atoms with van der Waals surface area (Å²) in [6.45, 7) is 4.72. The minimum atomic E-state index is -4.60. The largest absolute Gasteiger partial charge is 0.417 e. The van der Waals surface area contributed by atoms with E-state index < -0.39 is 22.7 Å². The first-order chi connectivity index (χ1) is 16.0. The second-order valence-corrected chi connectivity index (χ2v) is 8.79. The van der Waals surface area contributed by atoms with E-state index in [9.17, 15) is 22.8 Å². The summed E-state index contributed by atoms with van der Waals surface area (Å²) in [5.74, 6) is -0.387. The van der Waals surface area contributed by atoms with Crippen molar-refractivity contribution in [2.75, 3.05) is 51.6 Å². The van der Waals surface area contributed by atoms with Gasteiger partial charge in [-0.05, 0) is 30.7 Å². The Morgan fingerprint density at radius 3 is 2.21 bits per heavy atom. The second kappa shape index (κ2) is 11.2. The van der Waals surface area contributed by atoms with Crippen LogP contribution >= 0.6 is 11.6 Å². The lowest BCUT2D eigenvalue weighted by Crippen LogP contribution is -2.51. The Morgan fingerprint density at radius 2 is 1.62 bits per heavy atom. The Kier molecular flexibility index (Phi) is 8.57. The zero-order valence-corrected chi connectivity index (χ0v) is 19.9. The monoisotopic (exact) mass is 496 g/mol. The van der Waals surface area contributed by atoms with Crippen molar-refractivity contribution >= 4 is 29.1 Å². The summed E-state index contributed by atoms with van der Waals surface area (Å²) in [5, 5.41) is 2.08. The van der Waals surface area contributed by atoms with Crippen LogP contribution in [0.5, 0.6) is 0 Å². The van der Waals surface area contributed by atoms with Crippen LogP contribution in [0.25, 0.3) is 0 Å². The third kappa shape index (κ3) is 6.94. The van der Waals surface area contributed by atoms with Crippen LogP contribution in [0.4, 0.5) is 18.9 Å². The maximum absolute atomic E-state index is 13.0. The Bertz CT molecular complexity index is 995. The molecule has 1 aliphatic rings. The molecule has 1 N–H and O–H groups in total. The molecule has 0 spiro atoms. The number of hydrogen-bond acceptors (Lipinski definition) is 4. The number of anilines is 1. The number of hydrogen-bond donors (Lipinski definition) is 1. The Morgan fingerprint density at radius 1 is 1.03 bits per heavy atom. The normalized spacial score (nSPS) is 16.2. The number of alkyl halides is 3. The molecule has 34 heavy (non-hydrogen) atoms. The number of carbonyl (C=O) groups excluding carboxylic acids is 2. The third-order valence-corrected chi connectivity index (χ3v) is 6.33. The fraction of sp³-hybridized carbons (Fsp3) is 0.417. The lowest BCUT2D eigenvalue weighted by Gasteiger charge is -2.35. The Labute approximate surface area is 202 Å². The quantitative estimate of drug-likeness (QED) is 0.626. The van der Waals surface area contributed by atoms with E-state index in [4.69, 9.17) is 11.6 Å². The van der Waals surface area contributed by atoms with E-state index in [1.54, 1.807) is 11.9 Å². The van der Waals surface area contributed by atoms with E-state index in [0.29, 0.717) is 32.7 Å². The smallest absolute Gasteiger partial charge is 0.338 e. The molecule has 1 atom stereocenters. The molecule has 1 saturated heterocycles. The number of likely N-dealkylation sites (N-methyl/N-ethyl adjacent to an activating group) is 1.